The van der Waals surface area contributed by atoms with E-state index in [2.05, 4.69) is 0 Å². The fourth-order valence-electron chi connectivity index (χ4n) is 2.12. The van der Waals surface area contributed by atoms with Crippen LogP contribution >= 0.6 is 23.2 Å². The highest BCUT2D eigenvalue weighted by Crippen LogP contribution is 2.29. The number of rotatable bonds is 4. The third-order valence-electron chi connectivity index (χ3n) is 3.13. The Labute approximate surface area is 133 Å². The van der Waals surface area contributed by atoms with E-state index in [1.807, 2.05) is 13.8 Å². The van der Waals surface area contributed by atoms with Crippen molar-refractivity contribution in [1.82, 2.24) is 0 Å². The molecule has 21 heavy (non-hydrogen) atoms. The van der Waals surface area contributed by atoms with E-state index in [0.717, 1.165) is 11.1 Å². The van der Waals surface area contributed by atoms with Gasteiger partial charge in [0, 0.05) is 15.6 Å². The molecular weight excluding hydrogens is 311 g/mol. The highest BCUT2D eigenvalue weighted by atomic mass is 35.5. The minimum absolute atomic E-state index is 0.229. The molecule has 1 N–H and O–H groups in total. The lowest BCUT2D eigenvalue weighted by Crippen LogP contribution is -2.03. The third kappa shape index (κ3) is 3.49. The highest BCUT2D eigenvalue weighted by Gasteiger charge is 2.12. The second kappa shape index (κ2) is 6.37. The Morgan fingerprint density at radius 1 is 1.14 bits per heavy atom. The summed E-state index contributed by atoms with van der Waals surface area (Å²) in [5.74, 6) is -0.308. The second-order valence-electron chi connectivity index (χ2n) is 4.73. The first-order valence-corrected chi connectivity index (χ1v) is 7.06. The van der Waals surface area contributed by atoms with E-state index < -0.39 is 5.97 Å². The molecule has 0 aliphatic rings. The van der Waals surface area contributed by atoms with Crippen LogP contribution in [0, 0.1) is 13.8 Å². The molecule has 0 aromatic heterocycles. The Balaban J connectivity index is 2.27. The predicted octanol–water partition coefficient (Wildman–Crippen LogP) is 4.89. The van der Waals surface area contributed by atoms with Gasteiger partial charge < -0.3 is 9.84 Å². The summed E-state index contributed by atoms with van der Waals surface area (Å²) < 4.78 is 5.79. The summed E-state index contributed by atoms with van der Waals surface area (Å²) in [4.78, 5) is 11.0. The highest BCUT2D eigenvalue weighted by molar-refractivity contribution is 6.35. The Bertz CT molecular complexity index is 653. The third-order valence-corrected chi connectivity index (χ3v) is 3.84. The molecule has 5 heteroatoms. The van der Waals surface area contributed by atoms with Crippen molar-refractivity contribution in [3.05, 3.63) is 62.6 Å². The maximum Gasteiger partial charge on any atom is 0.335 e. The van der Waals surface area contributed by atoms with Crippen LogP contribution in [0.5, 0.6) is 5.75 Å². The Kier molecular flexibility index (Phi) is 4.76. The first-order chi connectivity index (χ1) is 9.90. The van der Waals surface area contributed by atoms with Gasteiger partial charge in [0.25, 0.3) is 0 Å². The molecule has 0 bridgehead atoms. The second-order valence-corrected chi connectivity index (χ2v) is 5.55. The number of aromatic carboxylic acids is 1. The fourth-order valence-corrected chi connectivity index (χ4v) is 2.62. The van der Waals surface area contributed by atoms with Gasteiger partial charge in [-0.15, -0.1) is 0 Å². The van der Waals surface area contributed by atoms with Crippen LogP contribution in [0.2, 0.25) is 10.0 Å². The predicted molar refractivity (Wildman–Crippen MR) is 83.7 cm³/mol. The Morgan fingerprint density at radius 3 is 2.14 bits per heavy atom. The molecule has 0 saturated heterocycles. The van der Waals surface area contributed by atoms with Gasteiger partial charge in [-0.2, -0.15) is 0 Å². The number of carbonyl (C=O) groups is 1. The lowest BCUT2D eigenvalue weighted by molar-refractivity contribution is 0.0696. The van der Waals surface area contributed by atoms with E-state index in [1.165, 1.54) is 0 Å². The van der Waals surface area contributed by atoms with Crippen LogP contribution in [0.1, 0.15) is 27.0 Å². The van der Waals surface area contributed by atoms with Gasteiger partial charge in [0.05, 0.1) is 5.56 Å². The van der Waals surface area contributed by atoms with E-state index in [9.17, 15) is 4.79 Å². The maximum absolute atomic E-state index is 11.0. The zero-order valence-electron chi connectivity index (χ0n) is 11.6. The van der Waals surface area contributed by atoms with Gasteiger partial charge in [0.1, 0.15) is 12.4 Å². The van der Waals surface area contributed by atoms with Crippen molar-refractivity contribution in [2.24, 2.45) is 0 Å². The average molecular weight is 325 g/mol. The standard InChI is InChI=1S/C16H14Cl2O3/c1-9-6-11(16(19)20)7-10(2)15(9)21-8-12-13(17)4-3-5-14(12)18/h3-7H,8H2,1-2H3,(H,19,20). The van der Waals surface area contributed by atoms with Crippen LogP contribution < -0.4 is 4.74 Å². The number of ether oxygens (including phenoxy) is 1. The van der Waals surface area contributed by atoms with Crippen LogP contribution in [0.4, 0.5) is 0 Å². The molecule has 2 aromatic rings. The summed E-state index contributed by atoms with van der Waals surface area (Å²) in [6.07, 6.45) is 0. The molecule has 0 heterocycles. The van der Waals surface area contributed by atoms with E-state index >= 15 is 0 Å². The molecule has 0 aliphatic heterocycles. The van der Waals surface area contributed by atoms with Crippen LogP contribution in [0.3, 0.4) is 0 Å². The maximum atomic E-state index is 11.0. The van der Waals surface area contributed by atoms with Crippen molar-refractivity contribution in [3.63, 3.8) is 0 Å². The number of aryl methyl sites for hydroxylation is 2. The topological polar surface area (TPSA) is 46.5 Å². The van der Waals surface area contributed by atoms with Crippen molar-refractivity contribution < 1.29 is 14.6 Å². The SMILES string of the molecule is Cc1cc(C(=O)O)cc(C)c1OCc1c(Cl)cccc1Cl. The number of benzene rings is 2. The number of halogens is 2. The lowest BCUT2D eigenvalue weighted by Gasteiger charge is -2.14. The molecule has 2 aromatic carbocycles. The van der Waals surface area contributed by atoms with E-state index in [4.69, 9.17) is 33.0 Å². The number of carboxylic acids is 1. The summed E-state index contributed by atoms with van der Waals surface area (Å²) in [5.41, 5.74) is 2.47. The van der Waals surface area contributed by atoms with Crippen LogP contribution in [-0.4, -0.2) is 11.1 Å². The van der Waals surface area contributed by atoms with Gasteiger partial charge in [-0.3, -0.25) is 0 Å². The molecule has 0 fully saturated rings. The van der Waals surface area contributed by atoms with Gasteiger partial charge in [0.15, 0.2) is 0 Å². The van der Waals surface area contributed by atoms with Gasteiger partial charge in [-0.1, -0.05) is 29.3 Å². The van der Waals surface area contributed by atoms with Gasteiger partial charge in [-0.05, 0) is 49.2 Å². The fraction of sp³-hybridized carbons (Fsp3) is 0.188. The van der Waals surface area contributed by atoms with Crippen molar-refractivity contribution in [3.8, 4) is 5.75 Å². The average Bonchev–Trinajstić information content (AvgIpc) is 2.40. The van der Waals surface area contributed by atoms with Crippen molar-refractivity contribution >= 4 is 29.2 Å². The zero-order valence-corrected chi connectivity index (χ0v) is 13.1. The molecule has 0 atom stereocenters. The smallest absolute Gasteiger partial charge is 0.335 e. The summed E-state index contributed by atoms with van der Waals surface area (Å²) in [5, 5.41) is 10.1. The van der Waals surface area contributed by atoms with Crippen molar-refractivity contribution in [2.75, 3.05) is 0 Å². The normalized spacial score (nSPS) is 10.5. The minimum Gasteiger partial charge on any atom is -0.488 e. The molecule has 0 aliphatic carbocycles. The molecule has 2 rings (SSSR count). The molecular formula is C16H14Cl2O3. The number of hydrogen-bond acceptors (Lipinski definition) is 2. The van der Waals surface area contributed by atoms with Gasteiger partial charge in [-0.25, -0.2) is 4.79 Å². The number of carboxylic acid groups (broad SMARTS) is 1. The molecule has 0 saturated carbocycles. The van der Waals surface area contributed by atoms with E-state index in [1.54, 1.807) is 30.3 Å². The van der Waals surface area contributed by atoms with Crippen molar-refractivity contribution in [2.45, 2.75) is 20.5 Å². The molecule has 0 spiro atoms. The monoisotopic (exact) mass is 324 g/mol. The zero-order chi connectivity index (χ0) is 15.6. The summed E-state index contributed by atoms with van der Waals surface area (Å²) in [6, 6.07) is 8.43. The summed E-state index contributed by atoms with van der Waals surface area (Å²) in [7, 11) is 0. The van der Waals surface area contributed by atoms with Gasteiger partial charge in [0.2, 0.25) is 0 Å². The first kappa shape index (κ1) is 15.7. The number of hydrogen-bond donors (Lipinski definition) is 1. The largest absolute Gasteiger partial charge is 0.488 e. The minimum atomic E-state index is -0.957. The summed E-state index contributed by atoms with van der Waals surface area (Å²) >= 11 is 12.2. The van der Waals surface area contributed by atoms with E-state index in [-0.39, 0.29) is 12.2 Å². The first-order valence-electron chi connectivity index (χ1n) is 6.30. The van der Waals surface area contributed by atoms with E-state index in [0.29, 0.717) is 21.4 Å². The van der Waals surface area contributed by atoms with Crippen LogP contribution in [0.25, 0.3) is 0 Å². The van der Waals surface area contributed by atoms with Crippen molar-refractivity contribution in [1.29, 1.82) is 0 Å². The lowest BCUT2D eigenvalue weighted by atomic mass is 10.1. The summed E-state index contributed by atoms with van der Waals surface area (Å²) in [6.45, 7) is 3.85. The van der Waals surface area contributed by atoms with Gasteiger partial charge >= 0.3 is 5.97 Å². The Hall–Kier alpha value is -1.71. The molecule has 0 unspecified atom stereocenters. The molecule has 0 radical (unpaired) electrons. The van der Waals surface area contributed by atoms with Crippen LogP contribution in [0.15, 0.2) is 30.3 Å². The molecule has 0 amide bonds. The molecule has 3 nitrogen and oxygen atoms in total. The van der Waals surface area contributed by atoms with Crippen LogP contribution in [-0.2, 0) is 6.61 Å². The molecule has 110 valence electrons. The Morgan fingerprint density at radius 2 is 1.67 bits per heavy atom. The quantitative estimate of drug-likeness (QED) is 0.871.